The Labute approximate surface area is 114 Å². The summed E-state index contributed by atoms with van der Waals surface area (Å²) in [6.07, 6.45) is 1.53. The van der Waals surface area contributed by atoms with E-state index in [0.29, 0.717) is 10.9 Å². The van der Waals surface area contributed by atoms with Gasteiger partial charge in [0.1, 0.15) is 12.5 Å². The fourth-order valence-electron chi connectivity index (χ4n) is 1.51. The van der Waals surface area contributed by atoms with Gasteiger partial charge in [0.05, 0.1) is 11.0 Å². The van der Waals surface area contributed by atoms with Crippen LogP contribution in [0.15, 0.2) is 36.5 Å². The van der Waals surface area contributed by atoms with E-state index in [-0.39, 0.29) is 5.69 Å². The van der Waals surface area contributed by atoms with E-state index in [4.69, 9.17) is 23.5 Å². The summed E-state index contributed by atoms with van der Waals surface area (Å²) in [4.78, 5) is 15.4. The highest BCUT2D eigenvalue weighted by atomic mass is 35.7. The molecule has 0 amide bonds. The number of hydrogen-bond acceptors (Lipinski definition) is 7. The number of nitrogens with zero attached hydrogens (tertiary/aromatic N) is 2. The molecule has 0 aliphatic rings. The molecule has 1 heterocycles. The first-order valence-corrected chi connectivity index (χ1v) is 6.21. The first-order valence-electron chi connectivity index (χ1n) is 4.98. The van der Waals surface area contributed by atoms with Crippen molar-refractivity contribution >= 4 is 16.6 Å². The van der Waals surface area contributed by atoms with Crippen LogP contribution in [0.4, 0.5) is 5.69 Å². The number of halogens is 1. The Balaban J connectivity index is 0.000000347. The van der Waals surface area contributed by atoms with Gasteiger partial charge in [0.15, 0.2) is 0 Å². The Morgan fingerprint density at radius 3 is 2.20 bits per heavy atom. The zero-order valence-corrected chi connectivity index (χ0v) is 10.9. The van der Waals surface area contributed by atoms with E-state index in [2.05, 4.69) is 0 Å². The minimum atomic E-state index is -4.94. The predicted octanol–water partition coefficient (Wildman–Crippen LogP) is -3.66. The van der Waals surface area contributed by atoms with Crippen molar-refractivity contribution in [3.05, 3.63) is 46.6 Å². The van der Waals surface area contributed by atoms with E-state index in [1.54, 1.807) is 18.2 Å². The van der Waals surface area contributed by atoms with Gasteiger partial charge in [-0.3, -0.25) is 15.0 Å². The monoisotopic (exact) mass is 304 g/mol. The third-order valence-electron chi connectivity index (χ3n) is 2.18. The first-order chi connectivity index (χ1) is 9.24. The minimum absolute atomic E-state index is 0.0823. The van der Waals surface area contributed by atoms with Gasteiger partial charge in [-0.25, -0.2) is 18.6 Å². The summed E-state index contributed by atoms with van der Waals surface area (Å²) < 4.78 is 35.5. The topological polar surface area (TPSA) is 148 Å². The Morgan fingerprint density at radius 2 is 1.70 bits per heavy atom. The van der Waals surface area contributed by atoms with Crippen molar-refractivity contribution in [2.45, 2.75) is 0 Å². The Bertz CT molecular complexity index is 608. The summed E-state index contributed by atoms with van der Waals surface area (Å²) in [5.41, 5.74) is 0.758. The lowest BCUT2D eigenvalue weighted by Crippen LogP contribution is -2.68. The molecular formula is C10H9ClN2O7. The molecule has 0 saturated carbocycles. The van der Waals surface area contributed by atoms with E-state index in [0.717, 1.165) is 0 Å². The predicted molar refractivity (Wildman–Crippen MR) is 53.3 cm³/mol. The summed E-state index contributed by atoms with van der Waals surface area (Å²) >= 11 is 0. The number of para-hydroxylation sites is 1. The Hall–Kier alpha value is -2.04. The summed E-state index contributed by atoms with van der Waals surface area (Å²) in [5, 5.41) is 11.3. The lowest BCUT2D eigenvalue weighted by Gasteiger charge is -2.17. The van der Waals surface area contributed by atoms with Crippen LogP contribution in [0.25, 0.3) is 10.9 Å². The normalized spacial score (nSPS) is 10.7. The number of benzene rings is 1. The molecule has 0 spiro atoms. The largest absolute Gasteiger partial charge is 0.289 e. The van der Waals surface area contributed by atoms with Gasteiger partial charge in [-0.1, -0.05) is 12.1 Å². The number of aromatic nitrogens is 1. The van der Waals surface area contributed by atoms with Crippen molar-refractivity contribution < 1.29 is 43.4 Å². The van der Waals surface area contributed by atoms with Gasteiger partial charge in [0, 0.05) is 10.8 Å². The molecule has 2 rings (SSSR count). The quantitative estimate of drug-likeness (QED) is 0.315. The molecule has 10 heteroatoms. The van der Waals surface area contributed by atoms with Crippen LogP contribution in [-0.4, -0.2) is 12.0 Å². The molecule has 0 aliphatic carbocycles. The second kappa shape index (κ2) is 6.41. The average Bonchev–Trinajstić information content (AvgIpc) is 2.35. The molecule has 108 valence electrons. The molecule has 1 aromatic carbocycles. The Morgan fingerprint density at radius 1 is 1.15 bits per heavy atom. The molecule has 2 aromatic rings. The number of rotatable bonds is 2. The van der Waals surface area contributed by atoms with Crippen LogP contribution in [0.1, 0.15) is 0 Å². The van der Waals surface area contributed by atoms with E-state index < -0.39 is 15.2 Å². The molecule has 0 radical (unpaired) electrons. The van der Waals surface area contributed by atoms with Crippen LogP contribution >= 0.6 is 0 Å². The molecule has 1 aromatic heterocycles. The number of nitro groups is 1. The smallest absolute Gasteiger partial charge is 0.274 e. The number of hydrogen-bond donors (Lipinski definition) is 0. The van der Waals surface area contributed by atoms with Gasteiger partial charge in [0.2, 0.25) is 6.20 Å². The number of fused-ring (bicyclic) bond motifs is 1. The average molecular weight is 305 g/mol. The van der Waals surface area contributed by atoms with E-state index >= 15 is 0 Å². The zero-order valence-electron chi connectivity index (χ0n) is 10.1. The minimum Gasteiger partial charge on any atom is -0.274 e. The maximum absolute atomic E-state index is 10.8. The van der Waals surface area contributed by atoms with Crippen molar-refractivity contribution in [2.24, 2.45) is 0 Å². The Kier molecular flexibility index (Phi) is 5.13. The maximum Gasteiger partial charge on any atom is 0.289 e. The van der Waals surface area contributed by atoms with Crippen LogP contribution in [-0.2, 0) is 0 Å². The third kappa shape index (κ3) is 4.57. The molecule has 0 fully saturated rings. The summed E-state index contributed by atoms with van der Waals surface area (Å²) in [5.74, 6) is 0. The summed E-state index contributed by atoms with van der Waals surface area (Å²) in [6.45, 7) is 0. The van der Waals surface area contributed by atoms with Gasteiger partial charge in [-0.05, 0) is 6.07 Å². The second-order valence-corrected chi connectivity index (χ2v) is 4.12. The van der Waals surface area contributed by atoms with Crippen LogP contribution < -0.4 is 28.2 Å². The zero-order chi connectivity index (χ0) is 15.3. The third-order valence-corrected chi connectivity index (χ3v) is 2.18. The first kappa shape index (κ1) is 16.0. The standard InChI is InChI=1S/C10H9N2O3.ClHO4/c1-15-11-7-6-10(12(13)14)8-4-2-3-5-9(8)11;2-1(3,4)5/h2-7H,1H3;(H,2,3,4,5)/q+1;/p-1. The van der Waals surface area contributed by atoms with Gasteiger partial charge in [-0.2, -0.15) is 0 Å². The highest BCUT2D eigenvalue weighted by molar-refractivity contribution is 5.84. The highest BCUT2D eigenvalue weighted by Crippen LogP contribution is 2.21. The maximum atomic E-state index is 10.8. The lowest BCUT2D eigenvalue weighted by molar-refractivity contribution is -2.00. The van der Waals surface area contributed by atoms with Crippen LogP contribution in [0.3, 0.4) is 0 Å². The van der Waals surface area contributed by atoms with Crippen molar-refractivity contribution in [2.75, 3.05) is 7.11 Å². The van der Waals surface area contributed by atoms with Crippen molar-refractivity contribution in [1.82, 2.24) is 0 Å². The van der Waals surface area contributed by atoms with Crippen LogP contribution in [0, 0.1) is 20.4 Å². The molecule has 0 atom stereocenters. The van der Waals surface area contributed by atoms with Gasteiger partial charge in [-0.15, -0.1) is 10.2 Å². The van der Waals surface area contributed by atoms with E-state index in [1.165, 1.54) is 24.1 Å². The molecule has 0 unspecified atom stereocenters. The number of pyridine rings is 1. The molecule has 9 nitrogen and oxygen atoms in total. The fraction of sp³-hybridized carbons (Fsp3) is 0.100. The fourth-order valence-corrected chi connectivity index (χ4v) is 1.51. The molecule has 20 heavy (non-hydrogen) atoms. The molecule has 0 aliphatic heterocycles. The van der Waals surface area contributed by atoms with Crippen LogP contribution in [0.2, 0.25) is 0 Å². The van der Waals surface area contributed by atoms with Gasteiger partial charge < -0.3 is 0 Å². The molecule has 0 bridgehead atoms. The van der Waals surface area contributed by atoms with Crippen molar-refractivity contribution in [1.29, 1.82) is 0 Å². The summed E-state index contributed by atoms with van der Waals surface area (Å²) in [7, 11) is -3.43. The molecule has 0 saturated heterocycles. The van der Waals surface area contributed by atoms with E-state index in [9.17, 15) is 10.1 Å². The highest BCUT2D eigenvalue weighted by Gasteiger charge is 2.19. The van der Waals surface area contributed by atoms with E-state index in [1.807, 2.05) is 6.07 Å². The van der Waals surface area contributed by atoms with Crippen molar-refractivity contribution in [3.63, 3.8) is 0 Å². The molecular weight excluding hydrogens is 296 g/mol. The van der Waals surface area contributed by atoms with Crippen LogP contribution in [0.5, 0.6) is 0 Å². The molecule has 0 N–H and O–H groups in total. The van der Waals surface area contributed by atoms with Crippen molar-refractivity contribution in [3.8, 4) is 0 Å². The second-order valence-electron chi connectivity index (χ2n) is 3.36. The summed E-state index contributed by atoms with van der Waals surface area (Å²) in [6, 6.07) is 8.46. The van der Waals surface area contributed by atoms with Gasteiger partial charge in [0.25, 0.3) is 11.2 Å². The SMILES string of the molecule is CO[n+]1ccc([N+](=O)[O-])c2ccccc21.[O-][Cl+3]([O-])([O-])[O-]. The lowest BCUT2D eigenvalue weighted by atomic mass is 10.2. The van der Waals surface area contributed by atoms with Gasteiger partial charge >= 0.3 is 0 Å².